The summed E-state index contributed by atoms with van der Waals surface area (Å²) in [6, 6.07) is 121. The summed E-state index contributed by atoms with van der Waals surface area (Å²) < 4.78 is 0. The highest BCUT2D eigenvalue weighted by atomic mass is 28.3. The van der Waals surface area contributed by atoms with Crippen LogP contribution >= 0.6 is 0 Å². The minimum atomic E-state index is -4.02. The molecule has 0 bridgehead atoms. The molecular formula is C129H147B3N6Si5. The van der Waals surface area contributed by atoms with E-state index in [4.69, 9.17) is 0 Å². The molecular weight excluding hydrogens is 1810 g/mol. The first-order chi connectivity index (χ1) is 66.9. The van der Waals surface area contributed by atoms with Crippen LogP contribution in [0, 0.1) is 13.8 Å². The van der Waals surface area contributed by atoms with E-state index in [1.54, 1.807) is 0 Å². The quantitative estimate of drug-likeness (QED) is 0.0840. The number of hydrogen-bond acceptors (Lipinski definition) is 6. The minimum Gasteiger partial charge on any atom is -0.311 e. The van der Waals surface area contributed by atoms with Gasteiger partial charge in [-0.25, -0.2) is 0 Å². The van der Waals surface area contributed by atoms with Crippen LogP contribution in [0.15, 0.2) is 291 Å². The molecule has 21 rings (SSSR count). The van der Waals surface area contributed by atoms with Gasteiger partial charge < -0.3 is 29.4 Å². The number of benzene rings is 15. The Morgan fingerprint density at radius 2 is 0.350 bits per heavy atom. The molecule has 6 aliphatic heterocycles. The molecule has 1 atom stereocenters. The summed E-state index contributed by atoms with van der Waals surface area (Å²) in [5, 5.41) is 9.72. The van der Waals surface area contributed by atoms with Gasteiger partial charge in [-0.1, -0.05) is 387 Å². The van der Waals surface area contributed by atoms with Gasteiger partial charge >= 0.3 is 0 Å². The molecule has 143 heavy (non-hydrogen) atoms. The van der Waals surface area contributed by atoms with Crippen LogP contribution in [-0.4, -0.2) is 60.5 Å². The fraction of sp³-hybridized carbons (Fsp3) is 0.302. The molecule has 14 heteroatoms. The Morgan fingerprint density at radius 3 is 0.580 bits per heavy atom. The lowest BCUT2D eigenvalue weighted by Crippen LogP contribution is -2.69. The van der Waals surface area contributed by atoms with Gasteiger partial charge in [0.2, 0.25) is 0 Å². The fourth-order valence-electron chi connectivity index (χ4n) is 23.8. The molecule has 6 heterocycles. The van der Waals surface area contributed by atoms with Crippen LogP contribution in [0.4, 0.5) is 102 Å². The standard InChI is InChI=1S/C129H147B3N6Si5/c1-82-34-46-90(47-35-82)133-113-68-62-98(141(27,28)29)74-107(113)131-105-72-88(128(15,16)17)44-66-111(105)135(92-50-39-85(40-51-92)125(6,7)8)118-79-101(78-117(133)122(118)131)143(33,100-76-115-121-116(77-100)137(94-54-58-96(59-55-94)139(21,22)23)109-64-36-83(2)70-103(109)130(121)104-71-87(127(12,13)14)43-65-110(104)134(115)91-48-37-84(38-49-91)124(3,4)5)102-80-119-123-120(81-102)138(95-56-60-97(61-57-95)140(24,25)26)114-69-63-99(142(30,31)32)75-108(114)132(123)106-73-89(129(18,19)20)45-67-112(106)136(119)93-52-41-86(42-53-93)126(9,10)11/h34-81H,1-33H3. The summed E-state index contributed by atoms with van der Waals surface area (Å²) in [6.07, 6.45) is 0. The van der Waals surface area contributed by atoms with Gasteiger partial charge in [0.25, 0.3) is 20.1 Å². The van der Waals surface area contributed by atoms with Gasteiger partial charge in [-0.15, -0.1) is 0 Å². The molecule has 1 unspecified atom stereocenters. The van der Waals surface area contributed by atoms with Crippen molar-refractivity contribution in [3.63, 3.8) is 0 Å². The molecule has 0 amide bonds. The van der Waals surface area contributed by atoms with Crippen molar-refractivity contribution in [1.29, 1.82) is 0 Å². The molecule has 0 aromatic heterocycles. The van der Waals surface area contributed by atoms with Crippen LogP contribution < -0.4 is 115 Å². The molecule has 0 radical (unpaired) electrons. The Bertz CT molecular complexity index is 7460. The van der Waals surface area contributed by atoms with Gasteiger partial charge in [0.15, 0.2) is 0 Å². The van der Waals surface area contributed by atoms with E-state index in [0.29, 0.717) is 0 Å². The van der Waals surface area contributed by atoms with Crippen molar-refractivity contribution >= 4 is 248 Å². The van der Waals surface area contributed by atoms with E-state index < -0.39 is 40.4 Å². The highest BCUT2D eigenvalue weighted by molar-refractivity contribution is 7.12. The zero-order chi connectivity index (χ0) is 102. The van der Waals surface area contributed by atoms with Crippen molar-refractivity contribution < 1.29 is 0 Å². The van der Waals surface area contributed by atoms with Crippen LogP contribution in [0.2, 0.25) is 85.1 Å². The lowest BCUT2D eigenvalue weighted by atomic mass is 9.33. The molecule has 6 nitrogen and oxygen atoms in total. The Kier molecular flexibility index (Phi) is 22.8. The second-order valence-electron chi connectivity index (χ2n) is 53.2. The molecule has 0 saturated heterocycles. The SMILES string of the molecule is Cc1ccc(N2c3ccc([Si](C)(C)C)cc3B3c4cc(C(C)(C)C)ccc4N(c4ccc(C(C)(C)C)cc4)c4cc([Si](C)(c5cc6c7c(c5)N(c5ccc(C(C)(C)C)cc5)c5ccc(C(C)(C)C)cc5B7c5cc(C)ccc5N6c5ccc([Si](C)(C)C)cc5)c5cc6c7c(c5)N(c5ccc([Si](C)(C)C)cc5)c5ccc([Si](C)(C)C)cc5B7c5cc(C(C)(C)C)ccc5N6c5ccc(C(C)(C)C)cc5)cc2c43)cc1. The van der Waals surface area contributed by atoms with E-state index in [-0.39, 0.29) is 52.6 Å². The lowest BCUT2D eigenvalue weighted by Gasteiger charge is -2.48. The Balaban J connectivity index is 0.992. The van der Waals surface area contributed by atoms with Gasteiger partial charge in [-0.05, 0) is 290 Å². The topological polar surface area (TPSA) is 19.4 Å². The Morgan fingerprint density at radius 1 is 0.168 bits per heavy atom. The van der Waals surface area contributed by atoms with Crippen molar-refractivity contribution in [3.8, 4) is 0 Å². The molecule has 722 valence electrons. The second-order valence-corrected chi connectivity index (χ2v) is 77.5. The molecule has 0 spiro atoms. The maximum atomic E-state index is 2.82. The smallest absolute Gasteiger partial charge is 0.252 e. The Hall–Kier alpha value is -11.6. The van der Waals surface area contributed by atoms with Gasteiger partial charge in [-0.3, -0.25) is 0 Å². The first kappa shape index (κ1) is 97.5. The predicted octanol–water partition coefficient (Wildman–Crippen LogP) is 25.6. The Labute approximate surface area is 862 Å². The van der Waals surface area contributed by atoms with Crippen LogP contribution in [0.25, 0.3) is 0 Å². The molecule has 0 aliphatic carbocycles. The first-order valence-corrected chi connectivity index (χ1v) is 69.2. The highest BCUT2D eigenvalue weighted by Crippen LogP contribution is 2.52. The maximum Gasteiger partial charge on any atom is 0.252 e. The number of fused-ring (bicyclic) bond motifs is 12. The van der Waals surface area contributed by atoms with Crippen molar-refractivity contribution in [2.45, 2.75) is 256 Å². The summed E-state index contributed by atoms with van der Waals surface area (Å²) >= 11 is 0. The second kappa shape index (κ2) is 33.5. The molecule has 0 saturated carbocycles. The van der Waals surface area contributed by atoms with E-state index in [0.717, 1.165) is 34.1 Å². The summed E-state index contributed by atoms with van der Waals surface area (Å²) in [5.74, 6) is 0. The number of rotatable bonds is 13. The monoisotopic (exact) mass is 1950 g/mol. The summed E-state index contributed by atoms with van der Waals surface area (Å²) in [6.45, 7) is 80.0. The zero-order valence-corrected chi connectivity index (χ0v) is 96.6. The number of anilines is 18. The third-order valence-corrected chi connectivity index (χ3v) is 45.2. The number of hydrogen-bond donors (Lipinski definition) is 0. The first-order valence-electron chi connectivity index (χ1n) is 52.7. The minimum absolute atomic E-state index is 0.0983. The van der Waals surface area contributed by atoms with E-state index in [1.807, 2.05) is 0 Å². The third-order valence-electron chi connectivity index (χ3n) is 32.7. The van der Waals surface area contributed by atoms with Gasteiger partial charge in [0.1, 0.15) is 8.07 Å². The van der Waals surface area contributed by atoms with Gasteiger partial charge in [-0.2, -0.15) is 0 Å². The average molecular weight is 1950 g/mol. The van der Waals surface area contributed by atoms with Crippen molar-refractivity contribution in [3.05, 3.63) is 336 Å². The summed E-state index contributed by atoms with van der Waals surface area (Å²) in [5.41, 5.74) is 43.0. The van der Waals surface area contributed by atoms with Crippen molar-refractivity contribution in [2.24, 2.45) is 0 Å². The number of aryl methyl sites for hydroxylation is 2. The summed E-state index contributed by atoms with van der Waals surface area (Å²) in [4.78, 5) is 16.5. The third kappa shape index (κ3) is 16.5. The van der Waals surface area contributed by atoms with E-state index >= 15 is 0 Å². The molecule has 15 aromatic carbocycles. The highest BCUT2D eigenvalue weighted by Gasteiger charge is 2.53. The van der Waals surface area contributed by atoms with E-state index in [2.05, 4.69) is 544 Å². The van der Waals surface area contributed by atoms with Crippen LogP contribution in [0.5, 0.6) is 0 Å². The van der Waals surface area contributed by atoms with E-state index in [9.17, 15) is 0 Å². The number of nitrogens with zero attached hydrogens (tertiary/aromatic N) is 6. The largest absolute Gasteiger partial charge is 0.311 e. The summed E-state index contributed by atoms with van der Waals surface area (Å²) in [7, 11) is -11.7. The van der Waals surface area contributed by atoms with Crippen LogP contribution in [0.1, 0.15) is 169 Å². The van der Waals surface area contributed by atoms with Crippen LogP contribution in [-0.2, 0) is 32.5 Å². The normalized spacial score (nSPS) is 15.0. The predicted molar refractivity (Wildman–Crippen MR) is 646 cm³/mol. The average Bonchev–Trinajstić information content (AvgIpc) is 0.685. The van der Waals surface area contributed by atoms with Gasteiger partial charge in [0, 0.05) is 102 Å². The maximum absolute atomic E-state index is 4.02. The molecule has 0 fully saturated rings. The van der Waals surface area contributed by atoms with Gasteiger partial charge in [0.05, 0.1) is 32.3 Å². The van der Waals surface area contributed by atoms with Crippen molar-refractivity contribution in [1.82, 2.24) is 0 Å². The zero-order valence-electron chi connectivity index (χ0n) is 91.6. The molecule has 0 N–H and O–H groups in total. The lowest BCUT2D eigenvalue weighted by molar-refractivity contribution is 0.590. The molecule has 15 aromatic rings. The van der Waals surface area contributed by atoms with E-state index in [1.165, 1.54) is 198 Å². The molecule has 6 aliphatic rings. The van der Waals surface area contributed by atoms with Crippen LogP contribution in [0.3, 0.4) is 0 Å². The fourth-order valence-corrected chi connectivity index (χ4v) is 32.0. The van der Waals surface area contributed by atoms with Crippen molar-refractivity contribution in [2.75, 3.05) is 29.4 Å².